The third kappa shape index (κ3) is 2.55. The fraction of sp³-hybridized carbons (Fsp3) is 0.917. The standard InChI is InChI=1S/C12H22N2O2/c1-9(2)14-7-11(16-8-12(14)15)10-3-5-13-6-4-10/h9-11,13H,3-8H2,1-2H3/t11-/m0/s1. The van der Waals surface area contributed by atoms with Gasteiger partial charge in [-0.25, -0.2) is 0 Å². The van der Waals surface area contributed by atoms with E-state index in [4.69, 9.17) is 4.74 Å². The summed E-state index contributed by atoms with van der Waals surface area (Å²) in [6.07, 6.45) is 2.59. The molecule has 1 amide bonds. The Labute approximate surface area is 97.3 Å². The molecule has 2 heterocycles. The van der Waals surface area contributed by atoms with Crippen LogP contribution in [0.4, 0.5) is 0 Å². The highest BCUT2D eigenvalue weighted by Gasteiger charge is 2.33. The molecule has 2 aliphatic heterocycles. The van der Waals surface area contributed by atoms with Gasteiger partial charge in [0, 0.05) is 12.6 Å². The van der Waals surface area contributed by atoms with E-state index in [2.05, 4.69) is 19.2 Å². The van der Waals surface area contributed by atoms with Crippen molar-refractivity contribution in [2.75, 3.05) is 26.2 Å². The van der Waals surface area contributed by atoms with E-state index in [-0.39, 0.29) is 18.6 Å². The van der Waals surface area contributed by atoms with Crippen molar-refractivity contribution in [1.82, 2.24) is 10.2 Å². The monoisotopic (exact) mass is 226 g/mol. The summed E-state index contributed by atoms with van der Waals surface area (Å²) in [6.45, 7) is 7.36. The summed E-state index contributed by atoms with van der Waals surface area (Å²) in [6, 6.07) is 0.292. The van der Waals surface area contributed by atoms with Gasteiger partial charge in [-0.3, -0.25) is 4.79 Å². The zero-order chi connectivity index (χ0) is 11.5. The Morgan fingerprint density at radius 2 is 2.06 bits per heavy atom. The third-order valence-electron chi connectivity index (χ3n) is 3.65. The molecule has 4 heteroatoms. The van der Waals surface area contributed by atoms with Crippen LogP contribution in [-0.4, -0.2) is 49.2 Å². The van der Waals surface area contributed by atoms with Crippen molar-refractivity contribution in [3.05, 3.63) is 0 Å². The normalized spacial score (nSPS) is 28.8. The first-order chi connectivity index (χ1) is 7.68. The molecule has 1 atom stereocenters. The van der Waals surface area contributed by atoms with E-state index in [1.807, 2.05) is 4.90 Å². The highest BCUT2D eigenvalue weighted by Crippen LogP contribution is 2.23. The molecule has 0 unspecified atom stereocenters. The average Bonchev–Trinajstić information content (AvgIpc) is 2.30. The fourth-order valence-corrected chi connectivity index (χ4v) is 2.61. The number of morpholine rings is 1. The van der Waals surface area contributed by atoms with Crippen molar-refractivity contribution >= 4 is 5.91 Å². The second-order valence-corrected chi connectivity index (χ2v) is 5.08. The van der Waals surface area contributed by atoms with Crippen LogP contribution in [0.1, 0.15) is 26.7 Å². The van der Waals surface area contributed by atoms with Crippen molar-refractivity contribution in [2.45, 2.75) is 38.8 Å². The Morgan fingerprint density at radius 3 is 2.69 bits per heavy atom. The largest absolute Gasteiger partial charge is 0.366 e. The molecule has 4 nitrogen and oxygen atoms in total. The Hall–Kier alpha value is -0.610. The van der Waals surface area contributed by atoms with E-state index in [1.54, 1.807) is 0 Å². The molecule has 16 heavy (non-hydrogen) atoms. The molecule has 0 aromatic heterocycles. The average molecular weight is 226 g/mol. The number of carbonyl (C=O) groups is 1. The zero-order valence-electron chi connectivity index (χ0n) is 10.2. The predicted molar refractivity (Wildman–Crippen MR) is 62.2 cm³/mol. The molecular weight excluding hydrogens is 204 g/mol. The summed E-state index contributed by atoms with van der Waals surface area (Å²) in [5, 5.41) is 3.36. The lowest BCUT2D eigenvalue weighted by Crippen LogP contribution is -2.53. The second-order valence-electron chi connectivity index (χ2n) is 5.08. The maximum absolute atomic E-state index is 11.7. The minimum absolute atomic E-state index is 0.139. The predicted octanol–water partition coefficient (Wildman–Crippen LogP) is 0.622. The molecule has 0 saturated carbocycles. The number of piperidine rings is 1. The van der Waals surface area contributed by atoms with Crippen LogP contribution in [0.2, 0.25) is 0 Å². The minimum atomic E-state index is 0.139. The van der Waals surface area contributed by atoms with Crippen molar-refractivity contribution in [3.63, 3.8) is 0 Å². The Bertz CT molecular complexity index is 249. The molecule has 92 valence electrons. The van der Waals surface area contributed by atoms with E-state index < -0.39 is 0 Å². The van der Waals surface area contributed by atoms with E-state index in [0.29, 0.717) is 12.0 Å². The molecule has 1 N–H and O–H groups in total. The molecule has 0 aromatic carbocycles. The van der Waals surface area contributed by atoms with Crippen LogP contribution in [0, 0.1) is 5.92 Å². The zero-order valence-corrected chi connectivity index (χ0v) is 10.2. The van der Waals surface area contributed by atoms with Crippen LogP contribution in [0.5, 0.6) is 0 Å². The number of amides is 1. The third-order valence-corrected chi connectivity index (χ3v) is 3.65. The van der Waals surface area contributed by atoms with Crippen LogP contribution in [0.15, 0.2) is 0 Å². The van der Waals surface area contributed by atoms with Gasteiger partial charge in [-0.05, 0) is 45.7 Å². The van der Waals surface area contributed by atoms with E-state index in [1.165, 1.54) is 12.8 Å². The first-order valence-corrected chi connectivity index (χ1v) is 6.30. The summed E-state index contributed by atoms with van der Waals surface area (Å²) >= 11 is 0. The lowest BCUT2D eigenvalue weighted by atomic mass is 9.91. The molecule has 0 radical (unpaired) electrons. The van der Waals surface area contributed by atoms with Crippen molar-refractivity contribution < 1.29 is 9.53 Å². The summed E-state index contributed by atoms with van der Waals surface area (Å²) in [7, 11) is 0. The second kappa shape index (κ2) is 5.15. The van der Waals surface area contributed by atoms with Gasteiger partial charge in [0.05, 0.1) is 6.10 Å². The van der Waals surface area contributed by atoms with Gasteiger partial charge < -0.3 is 15.0 Å². The number of rotatable bonds is 2. The maximum atomic E-state index is 11.7. The van der Waals surface area contributed by atoms with Crippen molar-refractivity contribution in [2.24, 2.45) is 5.92 Å². The smallest absolute Gasteiger partial charge is 0.248 e. The summed E-state index contributed by atoms with van der Waals surface area (Å²) in [5.41, 5.74) is 0. The number of nitrogens with zero attached hydrogens (tertiary/aromatic N) is 1. The molecule has 0 spiro atoms. The molecule has 0 aromatic rings. The van der Waals surface area contributed by atoms with Crippen LogP contribution < -0.4 is 5.32 Å². The van der Waals surface area contributed by atoms with Gasteiger partial charge in [-0.15, -0.1) is 0 Å². The van der Waals surface area contributed by atoms with Gasteiger partial charge in [0.2, 0.25) is 5.91 Å². The van der Waals surface area contributed by atoms with Gasteiger partial charge in [-0.2, -0.15) is 0 Å². The molecule has 2 saturated heterocycles. The molecule has 2 rings (SSSR count). The quantitative estimate of drug-likeness (QED) is 0.750. The Morgan fingerprint density at radius 1 is 1.38 bits per heavy atom. The number of nitrogens with one attached hydrogen (secondary N) is 1. The number of carbonyl (C=O) groups excluding carboxylic acids is 1. The van der Waals surface area contributed by atoms with Gasteiger partial charge in [-0.1, -0.05) is 0 Å². The van der Waals surface area contributed by atoms with Crippen molar-refractivity contribution in [1.29, 1.82) is 0 Å². The van der Waals surface area contributed by atoms with Gasteiger partial charge in [0.1, 0.15) is 6.61 Å². The fourth-order valence-electron chi connectivity index (χ4n) is 2.61. The van der Waals surface area contributed by atoms with Gasteiger partial charge >= 0.3 is 0 Å². The van der Waals surface area contributed by atoms with Gasteiger partial charge in [0.25, 0.3) is 0 Å². The molecule has 0 bridgehead atoms. The topological polar surface area (TPSA) is 41.6 Å². The number of ether oxygens (including phenoxy) is 1. The molecule has 2 fully saturated rings. The minimum Gasteiger partial charge on any atom is -0.366 e. The Balaban J connectivity index is 1.93. The summed E-state index contributed by atoms with van der Waals surface area (Å²) in [4.78, 5) is 13.6. The van der Waals surface area contributed by atoms with E-state index >= 15 is 0 Å². The first kappa shape index (κ1) is 11.9. The highest BCUT2D eigenvalue weighted by atomic mass is 16.5. The SMILES string of the molecule is CC(C)N1C[C@@H](C2CCNCC2)OCC1=O. The lowest BCUT2D eigenvalue weighted by molar-refractivity contribution is -0.155. The molecule has 0 aliphatic carbocycles. The summed E-state index contributed by atoms with van der Waals surface area (Å²) < 4.78 is 5.69. The number of hydrogen-bond donors (Lipinski definition) is 1. The maximum Gasteiger partial charge on any atom is 0.248 e. The van der Waals surface area contributed by atoms with Crippen LogP contribution in [0.25, 0.3) is 0 Å². The van der Waals surface area contributed by atoms with Crippen LogP contribution in [0.3, 0.4) is 0 Å². The highest BCUT2D eigenvalue weighted by molar-refractivity contribution is 5.78. The summed E-state index contributed by atoms with van der Waals surface area (Å²) in [5.74, 6) is 0.760. The van der Waals surface area contributed by atoms with Crippen LogP contribution >= 0.6 is 0 Å². The molecular formula is C12H22N2O2. The Kier molecular flexibility index (Phi) is 3.82. The van der Waals surface area contributed by atoms with Gasteiger partial charge in [0.15, 0.2) is 0 Å². The first-order valence-electron chi connectivity index (χ1n) is 6.30. The van der Waals surface area contributed by atoms with E-state index in [0.717, 1.165) is 19.6 Å². The molecule has 2 aliphatic rings. The lowest BCUT2D eigenvalue weighted by Gasteiger charge is -2.40. The van der Waals surface area contributed by atoms with Crippen molar-refractivity contribution in [3.8, 4) is 0 Å². The number of hydrogen-bond acceptors (Lipinski definition) is 3. The van der Waals surface area contributed by atoms with Crippen LogP contribution in [-0.2, 0) is 9.53 Å². The van der Waals surface area contributed by atoms with E-state index in [9.17, 15) is 4.79 Å².